The van der Waals surface area contributed by atoms with Crippen molar-refractivity contribution in [2.24, 2.45) is 0 Å². The predicted octanol–water partition coefficient (Wildman–Crippen LogP) is 4.43. The number of nitrogens with zero attached hydrogens (tertiary/aromatic N) is 4. The number of aryl methyl sites for hydroxylation is 2. The Balaban J connectivity index is 1.48. The molecule has 2 heterocycles. The van der Waals surface area contributed by atoms with Crippen LogP contribution in [-0.2, 0) is 11.2 Å². The Kier molecular flexibility index (Phi) is 5.94. The third-order valence-electron chi connectivity index (χ3n) is 4.58. The van der Waals surface area contributed by atoms with Gasteiger partial charge in [-0.2, -0.15) is 0 Å². The second-order valence-corrected chi connectivity index (χ2v) is 6.88. The average molecular weight is 398 g/mol. The van der Waals surface area contributed by atoms with Gasteiger partial charge in [-0.3, -0.25) is 4.98 Å². The molecular formula is C24H22N4O2. The van der Waals surface area contributed by atoms with E-state index in [1.54, 1.807) is 4.68 Å². The highest BCUT2D eigenvalue weighted by molar-refractivity contribution is 5.86. The van der Waals surface area contributed by atoms with Gasteiger partial charge in [-0.1, -0.05) is 54.6 Å². The Morgan fingerprint density at radius 1 is 0.900 bits per heavy atom. The molecule has 0 aliphatic carbocycles. The van der Waals surface area contributed by atoms with Crippen LogP contribution in [0, 0.1) is 6.92 Å². The summed E-state index contributed by atoms with van der Waals surface area (Å²) < 4.78 is 7.08. The van der Waals surface area contributed by atoms with Crippen molar-refractivity contribution in [1.29, 1.82) is 0 Å². The summed E-state index contributed by atoms with van der Waals surface area (Å²) in [7, 11) is 0. The number of hydrogen-bond donors (Lipinski definition) is 0. The number of pyridine rings is 1. The molecule has 0 aliphatic rings. The summed E-state index contributed by atoms with van der Waals surface area (Å²) in [5.74, 6) is 0.114. The van der Waals surface area contributed by atoms with Gasteiger partial charge in [-0.15, -0.1) is 5.10 Å². The molecule has 0 atom stereocenters. The quantitative estimate of drug-likeness (QED) is 0.340. The second-order valence-electron chi connectivity index (χ2n) is 6.88. The van der Waals surface area contributed by atoms with E-state index in [4.69, 9.17) is 4.74 Å². The highest BCUT2D eigenvalue weighted by Gasteiger charge is 2.19. The minimum absolute atomic E-state index is 0.0476. The van der Waals surface area contributed by atoms with Gasteiger partial charge in [-0.25, -0.2) is 14.5 Å². The number of esters is 1. The van der Waals surface area contributed by atoms with Crippen molar-refractivity contribution in [3.63, 3.8) is 0 Å². The lowest BCUT2D eigenvalue weighted by molar-refractivity contribution is 0.0486. The minimum atomic E-state index is -0.529. The lowest BCUT2D eigenvalue weighted by Gasteiger charge is -2.05. The molecule has 0 saturated heterocycles. The SMILES string of the molecule is Cc1cccc(CCCOC(=O)c2nc(-c3ccccc3)n(-c3ccccc3)n2)n1. The normalized spacial score (nSPS) is 10.7. The molecule has 2 aromatic carbocycles. The fraction of sp³-hybridized carbons (Fsp3) is 0.167. The Morgan fingerprint density at radius 3 is 2.37 bits per heavy atom. The summed E-state index contributed by atoms with van der Waals surface area (Å²) in [6, 6.07) is 25.2. The van der Waals surface area contributed by atoms with E-state index in [2.05, 4.69) is 15.1 Å². The standard InChI is InChI=1S/C24H22N4O2/c1-18-10-8-13-20(25-18)14-9-17-30-24(29)22-26-23(19-11-4-2-5-12-19)28(27-22)21-15-6-3-7-16-21/h2-8,10-13,15-16H,9,14,17H2,1H3. The number of rotatable bonds is 7. The lowest BCUT2D eigenvalue weighted by Crippen LogP contribution is -2.10. The summed E-state index contributed by atoms with van der Waals surface area (Å²) >= 11 is 0. The number of ether oxygens (including phenoxy) is 1. The van der Waals surface area contributed by atoms with Crippen LogP contribution < -0.4 is 0 Å². The van der Waals surface area contributed by atoms with Crippen LogP contribution in [-0.4, -0.2) is 32.3 Å². The Labute approximate surface area is 175 Å². The van der Waals surface area contributed by atoms with Crippen LogP contribution in [0.1, 0.15) is 28.4 Å². The maximum Gasteiger partial charge on any atom is 0.378 e. The van der Waals surface area contributed by atoms with Gasteiger partial charge in [-0.05, 0) is 44.0 Å². The number of carbonyl (C=O) groups is 1. The van der Waals surface area contributed by atoms with Crippen molar-refractivity contribution in [1.82, 2.24) is 19.7 Å². The fourth-order valence-electron chi connectivity index (χ4n) is 3.14. The molecule has 0 amide bonds. The fourth-order valence-corrected chi connectivity index (χ4v) is 3.14. The van der Waals surface area contributed by atoms with E-state index in [9.17, 15) is 4.79 Å². The van der Waals surface area contributed by atoms with Crippen molar-refractivity contribution < 1.29 is 9.53 Å². The topological polar surface area (TPSA) is 69.9 Å². The molecule has 0 fully saturated rings. The Morgan fingerprint density at radius 2 is 1.63 bits per heavy atom. The molecule has 6 heteroatoms. The summed E-state index contributed by atoms with van der Waals surface area (Å²) in [6.45, 7) is 2.25. The van der Waals surface area contributed by atoms with E-state index in [0.29, 0.717) is 12.2 Å². The van der Waals surface area contributed by atoms with Gasteiger partial charge in [0.15, 0.2) is 5.82 Å². The molecule has 0 aliphatic heterocycles. The van der Waals surface area contributed by atoms with Crippen molar-refractivity contribution in [3.8, 4) is 17.1 Å². The van der Waals surface area contributed by atoms with Crippen molar-refractivity contribution in [2.45, 2.75) is 19.8 Å². The van der Waals surface area contributed by atoms with Crippen LogP contribution in [0.2, 0.25) is 0 Å². The first-order chi connectivity index (χ1) is 14.7. The van der Waals surface area contributed by atoms with Crippen molar-refractivity contribution in [3.05, 3.63) is 96.1 Å². The third-order valence-corrected chi connectivity index (χ3v) is 4.58. The Bertz CT molecular complexity index is 1070. The van der Waals surface area contributed by atoms with Crippen LogP contribution in [0.25, 0.3) is 17.1 Å². The smallest absolute Gasteiger partial charge is 0.378 e. The molecule has 0 radical (unpaired) electrons. The summed E-state index contributed by atoms with van der Waals surface area (Å²) in [4.78, 5) is 21.5. The van der Waals surface area contributed by atoms with Gasteiger partial charge in [0, 0.05) is 17.0 Å². The lowest BCUT2D eigenvalue weighted by atomic mass is 10.2. The average Bonchev–Trinajstić information content (AvgIpc) is 3.24. The maximum atomic E-state index is 12.6. The number of hydrogen-bond acceptors (Lipinski definition) is 5. The molecule has 4 aromatic rings. The van der Waals surface area contributed by atoms with Gasteiger partial charge in [0.2, 0.25) is 0 Å². The van der Waals surface area contributed by atoms with Crippen molar-refractivity contribution in [2.75, 3.05) is 6.61 Å². The van der Waals surface area contributed by atoms with Gasteiger partial charge in [0.05, 0.1) is 12.3 Å². The van der Waals surface area contributed by atoms with Crippen LogP contribution in [0.5, 0.6) is 0 Å². The van der Waals surface area contributed by atoms with Gasteiger partial charge in [0.1, 0.15) is 0 Å². The molecule has 0 saturated carbocycles. The van der Waals surface area contributed by atoms with Crippen molar-refractivity contribution >= 4 is 5.97 Å². The molecule has 0 spiro atoms. The first kappa shape index (κ1) is 19.5. The maximum absolute atomic E-state index is 12.6. The number of para-hydroxylation sites is 1. The summed E-state index contributed by atoms with van der Waals surface area (Å²) in [5.41, 5.74) is 3.67. The van der Waals surface area contributed by atoms with Gasteiger partial charge in [0.25, 0.3) is 5.82 Å². The van der Waals surface area contributed by atoms with E-state index in [1.807, 2.05) is 85.8 Å². The van der Waals surface area contributed by atoms with Crippen LogP contribution in [0.3, 0.4) is 0 Å². The molecule has 4 rings (SSSR count). The zero-order chi connectivity index (χ0) is 20.8. The zero-order valence-corrected chi connectivity index (χ0v) is 16.7. The zero-order valence-electron chi connectivity index (χ0n) is 16.7. The van der Waals surface area contributed by atoms with E-state index in [-0.39, 0.29) is 12.4 Å². The highest BCUT2D eigenvalue weighted by Crippen LogP contribution is 2.21. The first-order valence-corrected chi connectivity index (χ1v) is 9.88. The van der Waals surface area contributed by atoms with E-state index >= 15 is 0 Å². The highest BCUT2D eigenvalue weighted by atomic mass is 16.5. The predicted molar refractivity (Wildman–Crippen MR) is 114 cm³/mol. The molecule has 0 N–H and O–H groups in total. The molecule has 150 valence electrons. The van der Waals surface area contributed by atoms with Crippen LogP contribution >= 0.6 is 0 Å². The molecule has 2 aromatic heterocycles. The summed E-state index contributed by atoms with van der Waals surface area (Å²) in [6.07, 6.45) is 1.43. The van der Waals surface area contributed by atoms with Gasteiger partial charge < -0.3 is 4.74 Å². The van der Waals surface area contributed by atoms with E-state index in [1.165, 1.54) is 0 Å². The van der Waals surface area contributed by atoms with Crippen LogP contribution in [0.15, 0.2) is 78.9 Å². The molecular weight excluding hydrogens is 376 g/mol. The number of carbonyl (C=O) groups excluding carboxylic acids is 1. The van der Waals surface area contributed by atoms with E-state index < -0.39 is 5.97 Å². The first-order valence-electron chi connectivity index (χ1n) is 9.88. The molecule has 6 nitrogen and oxygen atoms in total. The van der Waals surface area contributed by atoms with E-state index in [0.717, 1.165) is 29.1 Å². The third kappa shape index (κ3) is 4.60. The molecule has 30 heavy (non-hydrogen) atoms. The Hall–Kier alpha value is -3.80. The summed E-state index contributed by atoms with van der Waals surface area (Å²) in [5, 5.41) is 4.42. The second kappa shape index (κ2) is 9.13. The largest absolute Gasteiger partial charge is 0.460 e. The minimum Gasteiger partial charge on any atom is -0.460 e. The van der Waals surface area contributed by atoms with Gasteiger partial charge >= 0.3 is 5.97 Å². The van der Waals surface area contributed by atoms with Crippen LogP contribution in [0.4, 0.5) is 0 Å². The monoisotopic (exact) mass is 398 g/mol. The molecule has 0 bridgehead atoms. The number of benzene rings is 2. The number of aromatic nitrogens is 4. The molecule has 0 unspecified atom stereocenters.